The fourth-order valence-electron chi connectivity index (χ4n) is 3.68. The zero-order chi connectivity index (χ0) is 14.5. The Bertz CT molecular complexity index is 320. The molecule has 1 aliphatic carbocycles. The number of amides is 1. The number of aliphatic hydroxyl groups excluding tert-OH is 1. The molecule has 1 heterocycles. The van der Waals surface area contributed by atoms with Gasteiger partial charge in [-0.05, 0) is 38.1 Å². The van der Waals surface area contributed by atoms with Crippen molar-refractivity contribution >= 4 is 5.91 Å². The molecule has 0 aromatic carbocycles. The molecule has 0 bridgehead atoms. The zero-order valence-corrected chi connectivity index (χ0v) is 13.0. The Kier molecular flexibility index (Phi) is 5.85. The van der Waals surface area contributed by atoms with Gasteiger partial charge in [0.15, 0.2) is 0 Å². The van der Waals surface area contributed by atoms with Crippen molar-refractivity contribution in [3.8, 4) is 0 Å². The fourth-order valence-corrected chi connectivity index (χ4v) is 3.68. The molecule has 116 valence electrons. The molecule has 4 nitrogen and oxygen atoms in total. The van der Waals surface area contributed by atoms with Gasteiger partial charge in [0.05, 0.1) is 12.6 Å². The molecule has 4 heteroatoms. The zero-order valence-electron chi connectivity index (χ0n) is 13.0. The molecule has 2 N–H and O–H groups in total. The van der Waals surface area contributed by atoms with Crippen molar-refractivity contribution in [1.82, 2.24) is 10.2 Å². The van der Waals surface area contributed by atoms with E-state index in [4.69, 9.17) is 0 Å². The topological polar surface area (TPSA) is 52.6 Å². The van der Waals surface area contributed by atoms with Crippen LogP contribution in [0.5, 0.6) is 0 Å². The third kappa shape index (κ3) is 4.19. The first-order chi connectivity index (χ1) is 9.58. The number of nitrogens with zero attached hydrogens (tertiary/aromatic N) is 1. The van der Waals surface area contributed by atoms with Crippen LogP contribution in [0.2, 0.25) is 0 Å². The van der Waals surface area contributed by atoms with E-state index in [2.05, 4.69) is 24.1 Å². The van der Waals surface area contributed by atoms with Gasteiger partial charge < -0.3 is 10.4 Å². The number of carbonyl (C=O) groups excluding carboxylic acids is 1. The summed E-state index contributed by atoms with van der Waals surface area (Å²) in [5.41, 5.74) is 0. The molecule has 3 unspecified atom stereocenters. The largest absolute Gasteiger partial charge is 0.393 e. The van der Waals surface area contributed by atoms with Gasteiger partial charge >= 0.3 is 0 Å². The SMILES string of the molecule is CC(C)CNC(=O)CN1CCCC1C1CCCCC1O. The number of hydrogen-bond donors (Lipinski definition) is 2. The van der Waals surface area contributed by atoms with Crippen LogP contribution in [0, 0.1) is 11.8 Å². The smallest absolute Gasteiger partial charge is 0.234 e. The Morgan fingerprint density at radius 2 is 2.00 bits per heavy atom. The van der Waals surface area contributed by atoms with E-state index in [0.29, 0.717) is 24.4 Å². The third-order valence-corrected chi connectivity index (χ3v) is 4.74. The lowest BCUT2D eigenvalue weighted by Gasteiger charge is -2.37. The van der Waals surface area contributed by atoms with Gasteiger partial charge in [-0.1, -0.05) is 26.7 Å². The maximum Gasteiger partial charge on any atom is 0.234 e. The summed E-state index contributed by atoms with van der Waals surface area (Å²) in [6.07, 6.45) is 6.58. The number of rotatable bonds is 5. The van der Waals surface area contributed by atoms with Gasteiger partial charge in [-0.25, -0.2) is 0 Å². The van der Waals surface area contributed by atoms with Crippen molar-refractivity contribution in [1.29, 1.82) is 0 Å². The van der Waals surface area contributed by atoms with Crippen LogP contribution < -0.4 is 5.32 Å². The summed E-state index contributed by atoms with van der Waals surface area (Å²) < 4.78 is 0. The van der Waals surface area contributed by atoms with E-state index in [1.165, 1.54) is 6.42 Å². The van der Waals surface area contributed by atoms with E-state index < -0.39 is 0 Å². The van der Waals surface area contributed by atoms with Crippen molar-refractivity contribution in [3.63, 3.8) is 0 Å². The molecule has 1 amide bonds. The highest BCUT2D eigenvalue weighted by Crippen LogP contribution is 2.34. The predicted octanol–water partition coefficient (Wildman–Crippen LogP) is 1.77. The van der Waals surface area contributed by atoms with Crippen molar-refractivity contribution < 1.29 is 9.90 Å². The average molecular weight is 282 g/mol. The lowest BCUT2D eigenvalue weighted by molar-refractivity contribution is -0.123. The Labute approximate surface area is 122 Å². The van der Waals surface area contributed by atoms with Crippen LogP contribution in [-0.4, -0.2) is 47.7 Å². The highest BCUT2D eigenvalue weighted by atomic mass is 16.3. The van der Waals surface area contributed by atoms with Crippen LogP contribution in [0.1, 0.15) is 52.4 Å². The maximum absolute atomic E-state index is 12.0. The van der Waals surface area contributed by atoms with Gasteiger partial charge in [-0.2, -0.15) is 0 Å². The van der Waals surface area contributed by atoms with Gasteiger partial charge in [0, 0.05) is 18.5 Å². The summed E-state index contributed by atoms with van der Waals surface area (Å²) in [5, 5.41) is 13.2. The second-order valence-electron chi connectivity index (χ2n) is 6.89. The summed E-state index contributed by atoms with van der Waals surface area (Å²) in [7, 11) is 0. The Morgan fingerprint density at radius 1 is 1.25 bits per heavy atom. The first kappa shape index (κ1) is 15.8. The second-order valence-corrected chi connectivity index (χ2v) is 6.89. The van der Waals surface area contributed by atoms with Crippen molar-refractivity contribution in [2.75, 3.05) is 19.6 Å². The standard InChI is InChI=1S/C16H30N2O2/c1-12(2)10-17-16(20)11-18-9-5-7-14(18)13-6-3-4-8-15(13)19/h12-15,19H,3-11H2,1-2H3,(H,17,20). The van der Waals surface area contributed by atoms with Crippen molar-refractivity contribution in [3.05, 3.63) is 0 Å². The first-order valence-corrected chi connectivity index (χ1v) is 8.26. The molecule has 1 saturated carbocycles. The van der Waals surface area contributed by atoms with E-state index >= 15 is 0 Å². The molecule has 3 atom stereocenters. The average Bonchev–Trinajstić information content (AvgIpc) is 2.85. The summed E-state index contributed by atoms with van der Waals surface area (Å²) in [4.78, 5) is 14.3. The highest BCUT2D eigenvalue weighted by Gasteiger charge is 2.37. The molecule has 0 aromatic rings. The van der Waals surface area contributed by atoms with Crippen LogP contribution in [-0.2, 0) is 4.79 Å². The highest BCUT2D eigenvalue weighted by molar-refractivity contribution is 5.78. The number of likely N-dealkylation sites (tertiary alicyclic amines) is 1. The monoisotopic (exact) mass is 282 g/mol. The van der Waals surface area contributed by atoms with Gasteiger partial charge in [0.25, 0.3) is 0 Å². The Balaban J connectivity index is 1.85. The van der Waals surface area contributed by atoms with E-state index in [0.717, 1.165) is 45.2 Å². The number of nitrogens with one attached hydrogen (secondary N) is 1. The molecule has 2 fully saturated rings. The molecule has 0 radical (unpaired) electrons. The second kappa shape index (κ2) is 7.41. The molecular formula is C16H30N2O2. The lowest BCUT2D eigenvalue weighted by atomic mass is 9.80. The summed E-state index contributed by atoms with van der Waals surface area (Å²) in [6.45, 7) is 6.47. The quantitative estimate of drug-likeness (QED) is 0.808. The van der Waals surface area contributed by atoms with Crippen LogP contribution in [0.4, 0.5) is 0 Å². The van der Waals surface area contributed by atoms with Crippen LogP contribution >= 0.6 is 0 Å². The normalized spacial score (nSPS) is 31.7. The third-order valence-electron chi connectivity index (χ3n) is 4.74. The van der Waals surface area contributed by atoms with E-state index in [1.54, 1.807) is 0 Å². The molecule has 2 aliphatic rings. The van der Waals surface area contributed by atoms with Gasteiger partial charge in [0.1, 0.15) is 0 Å². The minimum absolute atomic E-state index is 0.135. The molecule has 20 heavy (non-hydrogen) atoms. The van der Waals surface area contributed by atoms with E-state index in [-0.39, 0.29) is 12.0 Å². The minimum atomic E-state index is -0.159. The summed E-state index contributed by atoms with van der Waals surface area (Å²) in [5.74, 6) is 1.01. The van der Waals surface area contributed by atoms with E-state index in [1.807, 2.05) is 0 Å². The van der Waals surface area contributed by atoms with Gasteiger partial charge in [0.2, 0.25) is 5.91 Å². The predicted molar refractivity (Wildman–Crippen MR) is 80.4 cm³/mol. The molecule has 0 aromatic heterocycles. The summed E-state index contributed by atoms with van der Waals surface area (Å²) >= 11 is 0. The molecule has 0 spiro atoms. The van der Waals surface area contributed by atoms with Crippen LogP contribution in [0.15, 0.2) is 0 Å². The first-order valence-electron chi connectivity index (χ1n) is 8.26. The van der Waals surface area contributed by atoms with Crippen molar-refractivity contribution in [2.24, 2.45) is 11.8 Å². The fraction of sp³-hybridized carbons (Fsp3) is 0.938. The number of hydrogen-bond acceptors (Lipinski definition) is 3. The van der Waals surface area contributed by atoms with Gasteiger partial charge in [-0.15, -0.1) is 0 Å². The molecule has 2 rings (SSSR count). The number of aliphatic hydroxyl groups is 1. The molecule has 1 aliphatic heterocycles. The molecular weight excluding hydrogens is 252 g/mol. The number of carbonyl (C=O) groups is 1. The maximum atomic E-state index is 12.0. The minimum Gasteiger partial charge on any atom is -0.393 e. The Hall–Kier alpha value is -0.610. The molecule has 1 saturated heterocycles. The van der Waals surface area contributed by atoms with Gasteiger partial charge in [-0.3, -0.25) is 9.69 Å². The lowest BCUT2D eigenvalue weighted by Crippen LogP contribution is -2.46. The summed E-state index contributed by atoms with van der Waals surface area (Å²) in [6, 6.07) is 0.412. The van der Waals surface area contributed by atoms with Crippen LogP contribution in [0.25, 0.3) is 0 Å². The van der Waals surface area contributed by atoms with Crippen molar-refractivity contribution in [2.45, 2.75) is 64.5 Å². The van der Waals surface area contributed by atoms with Crippen LogP contribution in [0.3, 0.4) is 0 Å². The Morgan fingerprint density at radius 3 is 2.70 bits per heavy atom. The van der Waals surface area contributed by atoms with E-state index in [9.17, 15) is 9.90 Å².